The molecule has 2 aromatic rings. The zero-order valence-corrected chi connectivity index (χ0v) is 44.8. The van der Waals surface area contributed by atoms with Gasteiger partial charge < -0.3 is 24.5 Å². The number of carbonyl (C=O) groups excluding carboxylic acids is 1. The van der Waals surface area contributed by atoms with Crippen LogP contribution in [-0.2, 0) is 9.22 Å². The molecule has 0 heterocycles. The van der Waals surface area contributed by atoms with Gasteiger partial charge in [0.2, 0.25) is 0 Å². The Morgan fingerprint density at radius 3 is 1.66 bits per heavy atom. The number of hydrogen-bond donors (Lipinski definition) is 3. The topological polar surface area (TPSA) is 87.0 Å². The first kappa shape index (κ1) is 55.0. The Labute approximate surface area is 399 Å². The first-order valence-electron chi connectivity index (χ1n) is 25.6. The fraction of sp³-hybridized carbons (Fsp3) is 0.678. The molecule has 3 aliphatic carbocycles. The van der Waals surface area contributed by atoms with Crippen LogP contribution >= 0.6 is 0 Å². The predicted molar refractivity (Wildman–Crippen MR) is 278 cm³/mol. The van der Waals surface area contributed by atoms with Crippen LogP contribution in [0.2, 0.25) is 5.04 Å². The Kier molecular flexibility index (Phi) is 18.8. The summed E-state index contributed by atoms with van der Waals surface area (Å²) >= 11 is 0. The highest BCUT2D eigenvalue weighted by molar-refractivity contribution is 6.99. The van der Waals surface area contributed by atoms with E-state index in [1.54, 1.807) is 0 Å². The second kappa shape index (κ2) is 22.2. The molecule has 65 heavy (non-hydrogen) atoms. The molecule has 0 aromatic heterocycles. The molecular weight excluding hydrogens is 817 g/mol. The van der Waals surface area contributed by atoms with Crippen molar-refractivity contribution in [3.05, 3.63) is 96.6 Å². The third-order valence-corrected chi connectivity index (χ3v) is 23.6. The minimum Gasteiger partial charge on any atom is -0.404 e. The van der Waals surface area contributed by atoms with Gasteiger partial charge in [0.1, 0.15) is 6.29 Å². The normalized spacial score (nSPS) is 29.5. The highest BCUT2D eigenvalue weighted by atomic mass is 28.4. The van der Waals surface area contributed by atoms with Gasteiger partial charge in [-0.3, -0.25) is 0 Å². The van der Waals surface area contributed by atoms with Gasteiger partial charge in [-0.2, -0.15) is 0 Å². The molecule has 0 bridgehead atoms. The lowest BCUT2D eigenvalue weighted by Crippen LogP contribution is -2.68. The molecule has 0 amide bonds. The molecule has 5 rings (SSSR count). The lowest BCUT2D eigenvalue weighted by atomic mass is 9.59. The van der Waals surface area contributed by atoms with Crippen LogP contribution in [0.15, 0.2) is 96.6 Å². The van der Waals surface area contributed by atoms with Gasteiger partial charge in [-0.1, -0.05) is 189 Å². The van der Waals surface area contributed by atoms with Gasteiger partial charge in [0, 0.05) is 18.4 Å². The summed E-state index contributed by atoms with van der Waals surface area (Å²) in [5, 5.41) is 32.8. The Morgan fingerprint density at radius 2 is 1.22 bits per heavy atom. The van der Waals surface area contributed by atoms with Crippen molar-refractivity contribution < 1.29 is 24.5 Å². The minimum atomic E-state index is -2.59. The number of rotatable bonds is 17. The summed E-state index contributed by atoms with van der Waals surface area (Å²) in [5.41, 5.74) is 2.31. The van der Waals surface area contributed by atoms with Crippen LogP contribution in [0.4, 0.5) is 0 Å². The number of carbonyl (C=O) groups is 1. The number of allylic oxidation sites excluding steroid dienone is 3. The van der Waals surface area contributed by atoms with Gasteiger partial charge in [0.05, 0.1) is 18.3 Å². The Morgan fingerprint density at radius 1 is 0.738 bits per heavy atom. The second-order valence-corrected chi connectivity index (χ2v) is 28.5. The van der Waals surface area contributed by atoms with Gasteiger partial charge in [-0.05, 0) is 136 Å². The summed E-state index contributed by atoms with van der Waals surface area (Å²) in [7, 11) is -2.59. The third kappa shape index (κ3) is 11.8. The van der Waals surface area contributed by atoms with Crippen LogP contribution in [0.25, 0.3) is 0 Å². The Hall–Kier alpha value is -2.61. The van der Waals surface area contributed by atoms with E-state index in [1.807, 2.05) is 6.08 Å². The highest BCUT2D eigenvalue weighted by Crippen LogP contribution is 2.61. The fourth-order valence-corrected chi connectivity index (χ4v) is 17.1. The predicted octanol–water partition coefficient (Wildman–Crippen LogP) is 13.1. The number of aldehydes is 1. The Balaban J connectivity index is 0.000000292. The molecule has 364 valence electrons. The minimum absolute atomic E-state index is 0.0228. The first-order chi connectivity index (χ1) is 30.2. The van der Waals surface area contributed by atoms with E-state index in [0.717, 1.165) is 49.7 Å². The summed E-state index contributed by atoms with van der Waals surface area (Å²) in [6.07, 6.45) is 16.1. The highest BCUT2D eigenvalue weighted by Gasteiger charge is 2.55. The van der Waals surface area contributed by atoms with Crippen LogP contribution in [0.3, 0.4) is 0 Å². The summed E-state index contributed by atoms with van der Waals surface area (Å²) in [6, 6.07) is 22.0. The van der Waals surface area contributed by atoms with Crippen LogP contribution < -0.4 is 10.4 Å². The number of aliphatic hydroxyl groups excluding tert-OH is 3. The van der Waals surface area contributed by atoms with Crippen molar-refractivity contribution in [2.45, 2.75) is 198 Å². The molecule has 0 unspecified atom stereocenters. The van der Waals surface area contributed by atoms with Crippen molar-refractivity contribution in [3.8, 4) is 0 Å². The average molecular weight is 911 g/mol. The van der Waals surface area contributed by atoms with Crippen molar-refractivity contribution >= 4 is 25.0 Å². The van der Waals surface area contributed by atoms with Crippen molar-refractivity contribution in [2.75, 3.05) is 0 Å². The molecule has 3 N–H and O–H groups in total. The standard InChI is InChI=1S/C33H50O2Si.C26H44O3/c1-25(2)30(21-20-26(3)33(9)23-22-27(24-34)32(33,7)8)35-36(31(4,5)6,28-16-12-10-13-17-28)29-18-14-11-15-19-29;1-17(2)23(28)12-11-18(3)26(7)14-13-21(25(26,5)6)10-8-9-20-15-22(27)16-24(29)19(20)4/h10-19,24-27,30H,20-23H2,1-9H3;8-10,17-18,21-24,27-29H,4,11-16H2,1-3,5-7H3/b;10-8+,20-9-/t26-,27-,30-,33+;18-,21+,22+,23+,24-,26+/m00/s1. The van der Waals surface area contributed by atoms with Gasteiger partial charge in [0.25, 0.3) is 8.32 Å². The van der Waals surface area contributed by atoms with Crippen molar-refractivity contribution in [1.29, 1.82) is 0 Å². The molecule has 0 radical (unpaired) electrons. The third-order valence-electron chi connectivity index (χ3n) is 18.5. The maximum atomic E-state index is 11.8. The molecule has 5 nitrogen and oxygen atoms in total. The number of aliphatic hydroxyl groups is 3. The lowest BCUT2D eigenvalue weighted by molar-refractivity contribution is -0.115. The maximum absolute atomic E-state index is 11.8. The lowest BCUT2D eigenvalue weighted by Gasteiger charge is -2.47. The maximum Gasteiger partial charge on any atom is 0.261 e. The van der Waals surface area contributed by atoms with E-state index in [2.05, 4.69) is 183 Å². The molecule has 0 saturated heterocycles. The molecule has 6 heteroatoms. The fourth-order valence-electron chi connectivity index (χ4n) is 12.3. The van der Waals surface area contributed by atoms with Crippen molar-refractivity contribution in [2.24, 2.45) is 57.2 Å². The van der Waals surface area contributed by atoms with Crippen LogP contribution in [0.5, 0.6) is 0 Å². The molecule has 3 saturated carbocycles. The van der Waals surface area contributed by atoms with Crippen molar-refractivity contribution in [1.82, 2.24) is 0 Å². The van der Waals surface area contributed by atoms with Crippen molar-refractivity contribution in [3.63, 3.8) is 0 Å². The van der Waals surface area contributed by atoms with E-state index >= 15 is 0 Å². The smallest absolute Gasteiger partial charge is 0.261 e. The van der Waals surface area contributed by atoms with Crippen LogP contribution in [0.1, 0.15) is 168 Å². The zero-order chi connectivity index (χ0) is 48.8. The van der Waals surface area contributed by atoms with E-state index in [1.165, 1.54) is 29.5 Å². The molecular formula is C59H94O5Si. The van der Waals surface area contributed by atoms with E-state index in [0.29, 0.717) is 42.4 Å². The summed E-state index contributed by atoms with van der Waals surface area (Å²) in [4.78, 5) is 11.8. The molecule has 10 atom stereocenters. The van der Waals surface area contributed by atoms with E-state index in [4.69, 9.17) is 4.43 Å². The molecule has 0 spiro atoms. The first-order valence-corrected chi connectivity index (χ1v) is 27.5. The van der Waals surface area contributed by atoms with Gasteiger partial charge >= 0.3 is 0 Å². The number of benzene rings is 2. The summed E-state index contributed by atoms with van der Waals surface area (Å²) in [5.74, 6) is 2.49. The van der Waals surface area contributed by atoms with Crippen LogP contribution in [-0.4, -0.2) is 54.3 Å². The van der Waals surface area contributed by atoms with Gasteiger partial charge in [0.15, 0.2) is 0 Å². The molecule has 0 aliphatic heterocycles. The van der Waals surface area contributed by atoms with Gasteiger partial charge in [-0.25, -0.2) is 0 Å². The van der Waals surface area contributed by atoms with E-state index < -0.39 is 20.5 Å². The molecule has 3 aliphatic rings. The largest absolute Gasteiger partial charge is 0.404 e. The quantitative estimate of drug-likeness (QED) is 0.109. The summed E-state index contributed by atoms with van der Waals surface area (Å²) < 4.78 is 7.56. The van der Waals surface area contributed by atoms with Gasteiger partial charge in [-0.15, -0.1) is 0 Å². The monoisotopic (exact) mass is 911 g/mol. The second-order valence-electron chi connectivity index (χ2n) is 24.2. The summed E-state index contributed by atoms with van der Waals surface area (Å²) in [6.45, 7) is 38.9. The SMILES string of the molecule is C=C1/C(=C\C=C\[C@@H]2CC[C@](C)([C@@H](C)CC[C@@H](O)C(C)C)C2(C)C)C[C@@H](O)C[C@@H]1O.CC(C)[C@H](CC[C@H](C)[C@@]1(C)CC[C@@H](C=O)C1(C)C)O[Si](c1ccccc1)(c1ccccc1)C(C)(C)C. The van der Waals surface area contributed by atoms with E-state index in [-0.39, 0.29) is 44.8 Å². The molecule has 3 fully saturated rings. The average Bonchev–Trinajstić information content (AvgIpc) is 3.63. The Bertz CT molecular complexity index is 1830. The zero-order valence-electron chi connectivity index (χ0n) is 43.8. The molecule has 2 aromatic carbocycles. The van der Waals surface area contributed by atoms with Crippen LogP contribution in [0, 0.1) is 57.2 Å². The van der Waals surface area contributed by atoms with E-state index in [9.17, 15) is 20.1 Å². The number of hydrogen-bond acceptors (Lipinski definition) is 5.